The first-order valence-electron chi connectivity index (χ1n) is 4.68. The van der Waals surface area contributed by atoms with Crippen LogP contribution in [0.5, 0.6) is 5.75 Å². The highest BCUT2D eigenvalue weighted by Gasteiger charge is 2.32. The van der Waals surface area contributed by atoms with Crippen molar-refractivity contribution in [3.05, 3.63) is 22.2 Å². The van der Waals surface area contributed by atoms with E-state index in [1.807, 2.05) is 0 Å². The third-order valence-electron chi connectivity index (χ3n) is 2.43. The quantitative estimate of drug-likeness (QED) is 0.836. The Labute approximate surface area is 103 Å². The van der Waals surface area contributed by atoms with E-state index in [4.69, 9.17) is 33.7 Å². The van der Waals surface area contributed by atoms with Gasteiger partial charge in [-0.15, -0.1) is 0 Å². The number of likely N-dealkylation sites (N-methyl/N-ethyl adjacent to an activating group) is 1. The van der Waals surface area contributed by atoms with E-state index in [0.29, 0.717) is 21.5 Å². The third kappa shape index (κ3) is 1.73. The predicted molar refractivity (Wildman–Crippen MR) is 63.3 cm³/mol. The molecule has 0 bridgehead atoms. The van der Waals surface area contributed by atoms with E-state index < -0.39 is 6.10 Å². The fraction of sp³-hybridized carbons (Fsp3) is 0.300. The molecule has 16 heavy (non-hydrogen) atoms. The molecule has 0 radical (unpaired) electrons. The molecule has 1 heterocycles. The summed E-state index contributed by atoms with van der Waals surface area (Å²) in [6.07, 6.45) is -0.684. The first-order valence-corrected chi connectivity index (χ1v) is 5.43. The van der Waals surface area contributed by atoms with Gasteiger partial charge < -0.3 is 15.4 Å². The van der Waals surface area contributed by atoms with Gasteiger partial charge in [-0.3, -0.25) is 4.79 Å². The summed E-state index contributed by atoms with van der Waals surface area (Å²) in [5.74, 6) is 0.247. The summed E-state index contributed by atoms with van der Waals surface area (Å²) in [5.41, 5.74) is 6.01. The molecule has 6 heteroatoms. The molecule has 2 N–H and O–H groups in total. The molecule has 0 aliphatic carbocycles. The summed E-state index contributed by atoms with van der Waals surface area (Å²) < 4.78 is 5.44. The molecule has 0 saturated heterocycles. The Kier molecular flexibility index (Phi) is 2.97. The highest BCUT2D eigenvalue weighted by Crippen LogP contribution is 2.41. The van der Waals surface area contributed by atoms with Crippen LogP contribution in [0, 0.1) is 0 Å². The lowest BCUT2D eigenvalue weighted by atomic mass is 10.2. The van der Waals surface area contributed by atoms with Gasteiger partial charge in [0, 0.05) is 18.6 Å². The van der Waals surface area contributed by atoms with Crippen molar-refractivity contribution in [3.8, 4) is 5.75 Å². The number of nitrogens with two attached hydrogens (primary N) is 1. The summed E-state index contributed by atoms with van der Waals surface area (Å²) in [4.78, 5) is 13.2. The van der Waals surface area contributed by atoms with Gasteiger partial charge >= 0.3 is 0 Å². The third-order valence-corrected chi connectivity index (χ3v) is 2.93. The van der Waals surface area contributed by atoms with E-state index >= 15 is 0 Å². The fourth-order valence-electron chi connectivity index (χ4n) is 1.59. The van der Waals surface area contributed by atoms with E-state index in [0.717, 1.165) is 0 Å². The lowest BCUT2D eigenvalue weighted by molar-refractivity contribution is -0.125. The fourth-order valence-corrected chi connectivity index (χ4v) is 2.12. The number of ether oxygens (including phenoxy) is 1. The van der Waals surface area contributed by atoms with Crippen LogP contribution in [0.15, 0.2) is 12.1 Å². The Balaban J connectivity index is 2.54. The molecule has 1 aromatic rings. The van der Waals surface area contributed by atoms with Crippen LogP contribution >= 0.6 is 23.2 Å². The van der Waals surface area contributed by atoms with Gasteiger partial charge in [-0.1, -0.05) is 23.2 Å². The zero-order valence-corrected chi connectivity index (χ0v) is 10.0. The maximum atomic E-state index is 11.8. The number of halogens is 2. The van der Waals surface area contributed by atoms with E-state index in [1.54, 1.807) is 19.2 Å². The summed E-state index contributed by atoms with van der Waals surface area (Å²) in [5, 5.41) is 0.832. The monoisotopic (exact) mass is 260 g/mol. The van der Waals surface area contributed by atoms with Crippen LogP contribution in [-0.2, 0) is 4.79 Å². The second kappa shape index (κ2) is 4.13. The van der Waals surface area contributed by atoms with E-state index in [2.05, 4.69) is 0 Å². The second-order valence-corrected chi connectivity index (χ2v) is 4.32. The highest BCUT2D eigenvalue weighted by molar-refractivity contribution is 6.36. The van der Waals surface area contributed by atoms with E-state index in [9.17, 15) is 4.79 Å². The number of anilines is 1. The molecular formula is C10H10Cl2N2O2. The minimum atomic E-state index is -0.684. The number of hydrogen-bond acceptors (Lipinski definition) is 3. The smallest absolute Gasteiger partial charge is 0.269 e. The van der Waals surface area contributed by atoms with Gasteiger partial charge in [0.15, 0.2) is 11.9 Å². The van der Waals surface area contributed by atoms with Crippen molar-refractivity contribution >= 4 is 34.8 Å². The van der Waals surface area contributed by atoms with Gasteiger partial charge in [0.25, 0.3) is 5.91 Å². The molecule has 0 saturated carbocycles. The maximum absolute atomic E-state index is 11.8. The molecule has 86 valence electrons. The molecular weight excluding hydrogens is 251 g/mol. The van der Waals surface area contributed by atoms with Gasteiger partial charge in [-0.05, 0) is 12.1 Å². The standard InChI is InChI=1S/C10H10Cl2N2O2/c1-14-7-3-5(11)2-6(12)9(7)16-8(4-13)10(14)15/h2-3,8H,4,13H2,1H3. The van der Waals surface area contributed by atoms with Crippen molar-refractivity contribution in [2.75, 3.05) is 18.5 Å². The van der Waals surface area contributed by atoms with Crippen LogP contribution in [0.1, 0.15) is 0 Å². The largest absolute Gasteiger partial charge is 0.475 e. The molecule has 1 amide bonds. The topological polar surface area (TPSA) is 55.6 Å². The summed E-state index contributed by atoms with van der Waals surface area (Å²) in [6, 6.07) is 3.20. The van der Waals surface area contributed by atoms with E-state index in [-0.39, 0.29) is 12.5 Å². The molecule has 1 aliphatic rings. The van der Waals surface area contributed by atoms with Crippen molar-refractivity contribution in [2.45, 2.75) is 6.10 Å². The highest BCUT2D eigenvalue weighted by atomic mass is 35.5. The number of nitrogens with zero attached hydrogens (tertiary/aromatic N) is 1. The van der Waals surface area contributed by atoms with Crippen LogP contribution in [0.3, 0.4) is 0 Å². The molecule has 1 unspecified atom stereocenters. The molecule has 0 aromatic heterocycles. The zero-order valence-electron chi connectivity index (χ0n) is 8.54. The maximum Gasteiger partial charge on any atom is 0.269 e. The van der Waals surface area contributed by atoms with Gasteiger partial charge in [0.05, 0.1) is 10.7 Å². The first kappa shape index (κ1) is 11.5. The first-order chi connectivity index (χ1) is 7.54. The van der Waals surface area contributed by atoms with Crippen LogP contribution < -0.4 is 15.4 Å². The molecule has 2 rings (SSSR count). The average molecular weight is 261 g/mol. The van der Waals surface area contributed by atoms with Crippen LogP contribution in [0.2, 0.25) is 10.0 Å². The Morgan fingerprint density at radius 1 is 1.50 bits per heavy atom. The molecule has 1 aliphatic heterocycles. The molecule has 4 nitrogen and oxygen atoms in total. The van der Waals surface area contributed by atoms with Crippen molar-refractivity contribution < 1.29 is 9.53 Å². The van der Waals surface area contributed by atoms with Crippen molar-refractivity contribution in [2.24, 2.45) is 5.73 Å². The van der Waals surface area contributed by atoms with Gasteiger partial charge in [0.2, 0.25) is 0 Å². The van der Waals surface area contributed by atoms with Crippen LogP contribution in [0.25, 0.3) is 0 Å². The number of carbonyl (C=O) groups is 1. The minimum Gasteiger partial charge on any atom is -0.475 e. The summed E-state index contributed by atoms with van der Waals surface area (Å²) in [7, 11) is 1.64. The van der Waals surface area contributed by atoms with E-state index in [1.165, 1.54) is 4.90 Å². The number of fused-ring (bicyclic) bond motifs is 1. The van der Waals surface area contributed by atoms with Gasteiger partial charge in [-0.25, -0.2) is 0 Å². The number of amides is 1. The molecule has 1 atom stereocenters. The average Bonchev–Trinajstić information content (AvgIpc) is 2.24. The Bertz CT molecular complexity index is 451. The van der Waals surface area contributed by atoms with Crippen LogP contribution in [0.4, 0.5) is 5.69 Å². The molecule has 1 aromatic carbocycles. The Hall–Kier alpha value is -0.970. The second-order valence-electron chi connectivity index (χ2n) is 3.48. The normalized spacial score (nSPS) is 19.4. The number of carbonyl (C=O) groups excluding carboxylic acids is 1. The number of hydrogen-bond donors (Lipinski definition) is 1. The minimum absolute atomic E-state index is 0.113. The number of rotatable bonds is 1. The SMILES string of the molecule is CN1C(=O)C(CN)Oc2c(Cl)cc(Cl)cc21. The zero-order chi connectivity index (χ0) is 11.9. The van der Waals surface area contributed by atoms with Crippen molar-refractivity contribution in [1.29, 1.82) is 0 Å². The lowest BCUT2D eigenvalue weighted by Gasteiger charge is -2.31. The summed E-state index contributed by atoms with van der Waals surface area (Å²) in [6.45, 7) is 0.113. The van der Waals surface area contributed by atoms with Gasteiger partial charge in [0.1, 0.15) is 0 Å². The van der Waals surface area contributed by atoms with Crippen molar-refractivity contribution in [3.63, 3.8) is 0 Å². The molecule has 0 fully saturated rings. The van der Waals surface area contributed by atoms with Gasteiger partial charge in [-0.2, -0.15) is 0 Å². The molecule has 0 spiro atoms. The lowest BCUT2D eigenvalue weighted by Crippen LogP contribution is -2.47. The predicted octanol–water partition coefficient (Wildman–Crippen LogP) is 1.68. The van der Waals surface area contributed by atoms with Crippen LogP contribution in [-0.4, -0.2) is 25.6 Å². The Morgan fingerprint density at radius 3 is 2.81 bits per heavy atom. The Morgan fingerprint density at radius 2 is 2.19 bits per heavy atom. The number of benzene rings is 1. The summed E-state index contributed by atoms with van der Waals surface area (Å²) >= 11 is 11.9. The van der Waals surface area contributed by atoms with Crippen molar-refractivity contribution in [1.82, 2.24) is 0 Å².